The predicted molar refractivity (Wildman–Crippen MR) is 159 cm³/mol. The summed E-state index contributed by atoms with van der Waals surface area (Å²) in [7, 11) is 1.78. The Kier molecular flexibility index (Phi) is 9.59. The summed E-state index contributed by atoms with van der Waals surface area (Å²) in [5.74, 6) is 1.25. The van der Waals surface area contributed by atoms with Gasteiger partial charge in [0.05, 0.1) is 30.2 Å². The van der Waals surface area contributed by atoms with Crippen molar-refractivity contribution in [2.45, 2.75) is 40.2 Å². The standard InChI is InChI=1S/C31H37FN6O3/c1-20(2)27-18-30(38(36-27)25-9-6-21(3)7-10-25)35-31(40)34-19-23-17-24(32)8-13-29(23)41-26-11-12-28(22(4)16-26)37(33-5)14-15-39/h6-13,16-18,20,33,39H,14-15,19H2,1-5H3,(H2,34,35,40). The van der Waals surface area contributed by atoms with E-state index in [2.05, 4.69) is 21.2 Å². The van der Waals surface area contributed by atoms with Gasteiger partial charge in [-0.1, -0.05) is 31.5 Å². The van der Waals surface area contributed by atoms with Crippen molar-refractivity contribution in [1.82, 2.24) is 20.5 Å². The maximum atomic E-state index is 14.2. The summed E-state index contributed by atoms with van der Waals surface area (Å²) in [5, 5.41) is 21.5. The molecule has 0 saturated carbocycles. The van der Waals surface area contributed by atoms with Crippen LogP contribution in [0.2, 0.25) is 0 Å². The fourth-order valence-corrected chi connectivity index (χ4v) is 4.35. The Labute approximate surface area is 239 Å². The number of benzene rings is 3. The number of aromatic nitrogens is 2. The second-order valence-corrected chi connectivity index (χ2v) is 10.1. The van der Waals surface area contributed by atoms with E-state index in [0.29, 0.717) is 29.4 Å². The molecule has 0 spiro atoms. The Bertz CT molecular complexity index is 1490. The molecule has 41 heavy (non-hydrogen) atoms. The minimum absolute atomic E-state index is 0.00519. The number of rotatable bonds is 11. The molecule has 0 unspecified atom stereocenters. The molecule has 9 nitrogen and oxygen atoms in total. The van der Waals surface area contributed by atoms with Crippen LogP contribution in [0.1, 0.15) is 42.1 Å². The van der Waals surface area contributed by atoms with E-state index in [1.165, 1.54) is 12.1 Å². The Morgan fingerprint density at radius 2 is 1.83 bits per heavy atom. The van der Waals surface area contributed by atoms with E-state index in [1.807, 2.05) is 75.2 Å². The Morgan fingerprint density at radius 3 is 2.49 bits per heavy atom. The molecule has 0 atom stereocenters. The number of nitrogens with zero attached hydrogens (tertiary/aromatic N) is 3. The number of ether oxygens (including phenoxy) is 1. The summed E-state index contributed by atoms with van der Waals surface area (Å²) in [4.78, 5) is 13.0. The summed E-state index contributed by atoms with van der Waals surface area (Å²) in [6.07, 6.45) is 0. The third kappa shape index (κ3) is 7.41. The van der Waals surface area contributed by atoms with Crippen molar-refractivity contribution >= 4 is 17.5 Å². The number of nitrogens with one attached hydrogen (secondary N) is 3. The van der Waals surface area contributed by atoms with Crippen molar-refractivity contribution in [1.29, 1.82) is 0 Å². The first-order valence-electron chi connectivity index (χ1n) is 13.5. The first kappa shape index (κ1) is 29.6. The lowest BCUT2D eigenvalue weighted by Crippen LogP contribution is -2.37. The van der Waals surface area contributed by atoms with Crippen molar-refractivity contribution in [2.75, 3.05) is 30.5 Å². The van der Waals surface area contributed by atoms with Gasteiger partial charge in [-0.3, -0.25) is 5.32 Å². The van der Waals surface area contributed by atoms with E-state index in [-0.39, 0.29) is 19.1 Å². The number of hydrazine groups is 1. The highest BCUT2D eigenvalue weighted by Crippen LogP contribution is 2.30. The SMILES string of the molecule is CNN(CCO)c1ccc(Oc2ccc(F)cc2CNC(=O)Nc2cc(C(C)C)nn2-c2ccc(C)cc2)cc1C. The molecule has 3 aromatic carbocycles. The first-order valence-corrected chi connectivity index (χ1v) is 13.5. The smallest absolute Gasteiger partial charge is 0.320 e. The van der Waals surface area contributed by atoms with Gasteiger partial charge in [-0.25, -0.2) is 19.3 Å². The fraction of sp³-hybridized carbons (Fsp3) is 0.290. The monoisotopic (exact) mass is 560 g/mol. The van der Waals surface area contributed by atoms with Crippen LogP contribution in [0.3, 0.4) is 0 Å². The summed E-state index contributed by atoms with van der Waals surface area (Å²) in [5.41, 5.74) is 8.15. The number of aliphatic hydroxyl groups excluding tert-OH is 1. The number of aliphatic hydroxyl groups is 1. The highest BCUT2D eigenvalue weighted by molar-refractivity contribution is 5.88. The Balaban J connectivity index is 1.48. The van der Waals surface area contributed by atoms with E-state index in [4.69, 9.17) is 4.74 Å². The number of amides is 2. The molecule has 0 aliphatic carbocycles. The molecular weight excluding hydrogens is 523 g/mol. The topological polar surface area (TPSA) is 104 Å². The van der Waals surface area contributed by atoms with Crippen LogP contribution in [0, 0.1) is 19.7 Å². The minimum Gasteiger partial charge on any atom is -0.457 e. The van der Waals surface area contributed by atoms with E-state index in [0.717, 1.165) is 28.2 Å². The highest BCUT2D eigenvalue weighted by Gasteiger charge is 2.16. The van der Waals surface area contributed by atoms with E-state index in [9.17, 15) is 14.3 Å². The second-order valence-electron chi connectivity index (χ2n) is 10.1. The van der Waals surface area contributed by atoms with Crippen LogP contribution >= 0.6 is 0 Å². The number of hydrogen-bond donors (Lipinski definition) is 4. The molecule has 0 saturated heterocycles. The number of halogens is 1. The lowest BCUT2D eigenvalue weighted by molar-refractivity contribution is 0.251. The van der Waals surface area contributed by atoms with Crippen molar-refractivity contribution in [3.8, 4) is 17.2 Å². The Morgan fingerprint density at radius 1 is 1.07 bits per heavy atom. The number of carbonyl (C=O) groups is 1. The van der Waals surface area contributed by atoms with Gasteiger partial charge in [0.15, 0.2) is 0 Å². The molecule has 216 valence electrons. The molecule has 1 aromatic heterocycles. The molecule has 1 heterocycles. The van der Waals surface area contributed by atoms with Crippen LogP contribution < -0.4 is 25.8 Å². The average molecular weight is 561 g/mol. The largest absolute Gasteiger partial charge is 0.457 e. The zero-order valence-electron chi connectivity index (χ0n) is 24.0. The zero-order valence-corrected chi connectivity index (χ0v) is 24.0. The van der Waals surface area contributed by atoms with Crippen molar-refractivity contribution in [3.63, 3.8) is 0 Å². The lowest BCUT2D eigenvalue weighted by Gasteiger charge is -2.24. The molecular formula is C31H37FN6O3. The third-order valence-corrected chi connectivity index (χ3v) is 6.58. The molecule has 0 aliphatic rings. The fourth-order valence-electron chi connectivity index (χ4n) is 4.35. The molecule has 4 aromatic rings. The van der Waals surface area contributed by atoms with Crippen molar-refractivity contribution in [3.05, 3.63) is 94.9 Å². The number of urea groups is 1. The van der Waals surface area contributed by atoms with Gasteiger partial charge in [-0.15, -0.1) is 0 Å². The quantitative estimate of drug-likeness (QED) is 0.173. The minimum atomic E-state index is -0.458. The Hall–Kier alpha value is -4.41. The highest BCUT2D eigenvalue weighted by atomic mass is 19.1. The predicted octanol–water partition coefficient (Wildman–Crippen LogP) is 5.80. The molecule has 0 fully saturated rings. The van der Waals surface area contributed by atoms with E-state index >= 15 is 0 Å². The maximum Gasteiger partial charge on any atom is 0.320 e. The maximum absolute atomic E-state index is 14.2. The average Bonchev–Trinajstić information content (AvgIpc) is 3.36. The van der Waals surface area contributed by atoms with E-state index < -0.39 is 11.8 Å². The molecule has 0 bridgehead atoms. The molecule has 4 N–H and O–H groups in total. The summed E-state index contributed by atoms with van der Waals surface area (Å²) < 4.78 is 22.0. The van der Waals surface area contributed by atoms with Crippen molar-refractivity contribution < 1.29 is 19.0 Å². The summed E-state index contributed by atoms with van der Waals surface area (Å²) in [6.45, 7) is 8.50. The van der Waals surface area contributed by atoms with Gasteiger partial charge in [0, 0.05) is 25.2 Å². The molecule has 10 heteroatoms. The number of aryl methyl sites for hydroxylation is 2. The van der Waals surface area contributed by atoms with Gasteiger partial charge in [0.25, 0.3) is 0 Å². The number of carbonyl (C=O) groups excluding carboxylic acids is 1. The molecule has 2 amide bonds. The zero-order chi connectivity index (χ0) is 29.5. The van der Waals surface area contributed by atoms with Gasteiger partial charge in [-0.05, 0) is 73.9 Å². The third-order valence-electron chi connectivity index (χ3n) is 6.58. The number of hydrogen-bond acceptors (Lipinski definition) is 6. The molecule has 0 radical (unpaired) electrons. The molecule has 4 rings (SSSR count). The van der Waals surface area contributed by atoms with Crippen LogP contribution in [0.4, 0.5) is 20.7 Å². The normalized spacial score (nSPS) is 11.0. The van der Waals surface area contributed by atoms with Gasteiger partial charge in [-0.2, -0.15) is 5.10 Å². The van der Waals surface area contributed by atoms with Crippen LogP contribution in [0.25, 0.3) is 5.69 Å². The van der Waals surface area contributed by atoms with Crippen molar-refractivity contribution in [2.24, 2.45) is 0 Å². The van der Waals surface area contributed by atoms with Crippen LogP contribution in [0.5, 0.6) is 11.5 Å². The van der Waals surface area contributed by atoms with Gasteiger partial charge >= 0.3 is 6.03 Å². The first-order chi connectivity index (χ1) is 19.7. The van der Waals surface area contributed by atoms with Crippen LogP contribution in [0.15, 0.2) is 66.7 Å². The summed E-state index contributed by atoms with van der Waals surface area (Å²) in [6, 6.07) is 19.0. The van der Waals surface area contributed by atoms with Gasteiger partial charge in [0.1, 0.15) is 23.1 Å². The lowest BCUT2D eigenvalue weighted by atomic mass is 10.1. The van der Waals surface area contributed by atoms with Gasteiger partial charge in [0.2, 0.25) is 0 Å². The summed E-state index contributed by atoms with van der Waals surface area (Å²) >= 11 is 0. The van der Waals surface area contributed by atoms with Gasteiger partial charge < -0.3 is 20.2 Å². The second kappa shape index (κ2) is 13.3. The van der Waals surface area contributed by atoms with E-state index in [1.54, 1.807) is 23.9 Å². The van der Waals surface area contributed by atoms with Crippen LogP contribution in [-0.4, -0.2) is 41.1 Å². The van der Waals surface area contributed by atoms with Crippen LogP contribution in [-0.2, 0) is 6.54 Å². The number of anilines is 2. The molecule has 0 aliphatic heterocycles.